The van der Waals surface area contributed by atoms with E-state index in [1.54, 1.807) is 0 Å². The molecule has 0 bridgehead atoms. The van der Waals surface area contributed by atoms with Crippen LogP contribution in [0.1, 0.15) is 24.8 Å². The quantitative estimate of drug-likeness (QED) is 0.422. The molecule has 1 aromatic carbocycles. The van der Waals surface area contributed by atoms with Gasteiger partial charge in [0.25, 0.3) is 0 Å². The van der Waals surface area contributed by atoms with Crippen LogP contribution in [0.3, 0.4) is 0 Å². The molecular formula is C14H20OSe. The molecule has 2 heteroatoms. The van der Waals surface area contributed by atoms with Crippen LogP contribution in [0.25, 0.3) is 0 Å². The molecular weight excluding hydrogens is 263 g/mol. The predicted octanol–water partition coefficient (Wildman–Crippen LogP) is 3.59. The van der Waals surface area contributed by atoms with Crippen molar-refractivity contribution in [1.29, 1.82) is 0 Å². The Morgan fingerprint density at radius 1 is 1.38 bits per heavy atom. The van der Waals surface area contributed by atoms with Gasteiger partial charge in [-0.05, 0) is 0 Å². The minimum atomic E-state index is -0.0583. The van der Waals surface area contributed by atoms with Crippen LogP contribution in [0.2, 0.25) is 5.82 Å². The first-order chi connectivity index (χ1) is 7.79. The van der Waals surface area contributed by atoms with Gasteiger partial charge in [-0.25, -0.2) is 0 Å². The molecule has 1 unspecified atom stereocenters. The molecule has 0 saturated carbocycles. The number of unbranched alkanes of at least 4 members (excludes halogenated alkanes) is 1. The Bertz CT molecular complexity index is 304. The first-order valence-electron chi connectivity index (χ1n) is 5.56. The Hall–Kier alpha value is -0.561. The van der Waals surface area contributed by atoms with Gasteiger partial charge in [-0.3, -0.25) is 0 Å². The molecule has 0 aliphatic carbocycles. The van der Waals surface area contributed by atoms with Gasteiger partial charge in [-0.15, -0.1) is 0 Å². The van der Waals surface area contributed by atoms with Crippen molar-refractivity contribution >= 4 is 15.0 Å². The van der Waals surface area contributed by atoms with Crippen LogP contribution in [0.4, 0.5) is 0 Å². The summed E-state index contributed by atoms with van der Waals surface area (Å²) in [6.07, 6.45) is 5.26. The normalized spacial score (nSPS) is 14.4. The fourth-order valence-electron chi connectivity index (χ4n) is 1.84. The van der Waals surface area contributed by atoms with Crippen LogP contribution in [0.5, 0.6) is 0 Å². The maximum atomic E-state index is 5.81. The average molecular weight is 283 g/mol. The first kappa shape index (κ1) is 13.5. The van der Waals surface area contributed by atoms with Crippen LogP contribution in [0, 0.1) is 0 Å². The average Bonchev–Trinajstić information content (AvgIpc) is 2.36. The zero-order valence-corrected chi connectivity index (χ0v) is 11.8. The van der Waals surface area contributed by atoms with Crippen molar-refractivity contribution in [2.75, 3.05) is 7.11 Å². The van der Waals surface area contributed by atoms with Gasteiger partial charge in [-0.2, -0.15) is 0 Å². The van der Waals surface area contributed by atoms with Crippen molar-refractivity contribution in [2.45, 2.75) is 29.6 Å². The Morgan fingerprint density at radius 3 is 2.56 bits per heavy atom. The van der Waals surface area contributed by atoms with E-state index in [2.05, 4.69) is 42.7 Å². The maximum absolute atomic E-state index is 5.81. The molecule has 0 saturated heterocycles. The number of ether oxygens (including phenoxy) is 1. The molecule has 0 aliphatic rings. The molecule has 1 rings (SSSR count). The number of hydrogen-bond donors (Lipinski definition) is 0. The molecule has 0 heterocycles. The van der Waals surface area contributed by atoms with Gasteiger partial charge >= 0.3 is 105 Å². The van der Waals surface area contributed by atoms with E-state index in [9.17, 15) is 0 Å². The summed E-state index contributed by atoms with van der Waals surface area (Å²) in [6, 6.07) is 10.6. The predicted molar refractivity (Wildman–Crippen MR) is 70.8 cm³/mol. The van der Waals surface area contributed by atoms with Gasteiger partial charge < -0.3 is 0 Å². The molecule has 1 atom stereocenters. The van der Waals surface area contributed by atoms with Gasteiger partial charge in [0.05, 0.1) is 0 Å². The summed E-state index contributed by atoms with van der Waals surface area (Å²) in [7, 11) is 1.83. The van der Waals surface area contributed by atoms with Crippen LogP contribution >= 0.6 is 0 Å². The summed E-state index contributed by atoms with van der Waals surface area (Å²) >= 11 is 0.435. The van der Waals surface area contributed by atoms with Crippen LogP contribution in [-0.2, 0) is 9.24 Å². The molecule has 0 radical (unpaired) electrons. The molecule has 16 heavy (non-hydrogen) atoms. The molecule has 0 fully saturated rings. The van der Waals surface area contributed by atoms with Crippen LogP contribution in [-0.4, -0.2) is 22.1 Å². The van der Waals surface area contributed by atoms with E-state index in [4.69, 9.17) is 4.74 Å². The van der Waals surface area contributed by atoms with E-state index in [1.807, 2.05) is 13.2 Å². The number of hydrogen-bond acceptors (Lipinski definition) is 1. The van der Waals surface area contributed by atoms with Gasteiger partial charge in [-0.1, -0.05) is 0 Å². The zero-order valence-electron chi connectivity index (χ0n) is 10.1. The third kappa shape index (κ3) is 3.21. The van der Waals surface area contributed by atoms with E-state index in [1.165, 1.54) is 5.56 Å². The second kappa shape index (κ2) is 6.90. The molecule has 0 N–H and O–H groups in total. The third-order valence-corrected chi connectivity index (χ3v) is 5.44. The molecule has 0 aromatic heterocycles. The minimum absolute atomic E-state index is 0.0583. The van der Waals surface area contributed by atoms with E-state index in [-0.39, 0.29) is 4.50 Å². The van der Waals surface area contributed by atoms with Crippen molar-refractivity contribution < 1.29 is 4.74 Å². The summed E-state index contributed by atoms with van der Waals surface area (Å²) in [6.45, 7) is 3.77. The van der Waals surface area contributed by atoms with Gasteiger partial charge in [0.2, 0.25) is 0 Å². The van der Waals surface area contributed by atoms with Crippen LogP contribution < -0.4 is 0 Å². The van der Waals surface area contributed by atoms with Crippen molar-refractivity contribution in [3.63, 3.8) is 0 Å². The second-order valence-electron chi connectivity index (χ2n) is 3.71. The number of rotatable bonds is 7. The third-order valence-electron chi connectivity index (χ3n) is 2.79. The zero-order chi connectivity index (χ0) is 11.9. The fourth-order valence-corrected chi connectivity index (χ4v) is 3.70. The summed E-state index contributed by atoms with van der Waals surface area (Å²) < 4.78 is 5.75. The van der Waals surface area contributed by atoms with E-state index >= 15 is 0 Å². The first-order valence-corrected chi connectivity index (χ1v) is 8.13. The fraction of sp³-hybridized carbons (Fsp3) is 0.429. The summed E-state index contributed by atoms with van der Waals surface area (Å²) in [5, 5.41) is 0. The van der Waals surface area contributed by atoms with E-state index in [0.717, 1.165) is 19.3 Å². The van der Waals surface area contributed by atoms with Gasteiger partial charge in [0.1, 0.15) is 0 Å². The van der Waals surface area contributed by atoms with Crippen molar-refractivity contribution in [1.82, 2.24) is 0 Å². The van der Waals surface area contributed by atoms with Crippen molar-refractivity contribution in [3.8, 4) is 0 Å². The van der Waals surface area contributed by atoms with E-state index < -0.39 is 0 Å². The van der Waals surface area contributed by atoms with Crippen molar-refractivity contribution in [3.05, 3.63) is 48.6 Å². The molecule has 1 nitrogen and oxygen atoms in total. The molecule has 1 aromatic rings. The SMILES string of the molecule is C=CCCCC(OC)([Se]C)c1ccccc1. The summed E-state index contributed by atoms with van der Waals surface area (Å²) in [5.41, 5.74) is 1.31. The number of benzene rings is 1. The molecule has 0 aliphatic heterocycles. The Morgan fingerprint density at radius 2 is 2.06 bits per heavy atom. The summed E-state index contributed by atoms with van der Waals surface area (Å²) in [4.78, 5) is 0. The standard InChI is InChI=1S/C14H20OSe/c1-4-5-9-12-14(15-2,16-3)13-10-7-6-8-11-13/h4,6-8,10-11H,1,5,9,12H2,2-3H3. The monoisotopic (exact) mass is 284 g/mol. The van der Waals surface area contributed by atoms with Crippen LogP contribution in [0.15, 0.2) is 43.0 Å². The molecule has 0 amide bonds. The Balaban J connectivity index is 2.83. The number of methoxy groups -OCH3 is 1. The topological polar surface area (TPSA) is 9.23 Å². The van der Waals surface area contributed by atoms with Crippen molar-refractivity contribution in [2.24, 2.45) is 0 Å². The molecule has 88 valence electrons. The van der Waals surface area contributed by atoms with Gasteiger partial charge in [0.15, 0.2) is 0 Å². The Kier molecular flexibility index (Phi) is 5.83. The summed E-state index contributed by atoms with van der Waals surface area (Å²) in [5.74, 6) is 2.25. The Labute approximate surface area is 105 Å². The van der Waals surface area contributed by atoms with E-state index in [0.29, 0.717) is 15.0 Å². The molecule has 0 spiro atoms. The van der Waals surface area contributed by atoms with Gasteiger partial charge in [0, 0.05) is 0 Å². The number of allylic oxidation sites excluding steroid dienone is 1. The second-order valence-corrected chi connectivity index (χ2v) is 5.95.